The zero-order valence-corrected chi connectivity index (χ0v) is 19.2. The summed E-state index contributed by atoms with van der Waals surface area (Å²) >= 11 is 17.7. The lowest BCUT2D eigenvalue weighted by Crippen LogP contribution is -2.20. The van der Waals surface area contributed by atoms with Crippen LogP contribution in [0.4, 0.5) is 11.4 Å². The number of amides is 2. The SMILES string of the molecule is N#C/C(=C/c1ccccc1OCC(=O)Nc1ccc(Cl)c(Cl)c1)C(=O)Nc1ccc(Cl)cc1. The summed E-state index contributed by atoms with van der Waals surface area (Å²) in [6.45, 7) is -0.302. The number of hydrogen-bond acceptors (Lipinski definition) is 4. The Labute approximate surface area is 205 Å². The Morgan fingerprint density at radius 1 is 0.909 bits per heavy atom. The first-order valence-electron chi connectivity index (χ1n) is 9.51. The summed E-state index contributed by atoms with van der Waals surface area (Å²) in [5.74, 6) is -0.686. The van der Waals surface area contributed by atoms with E-state index in [1.807, 2.05) is 6.07 Å². The Morgan fingerprint density at radius 3 is 2.30 bits per heavy atom. The van der Waals surface area contributed by atoms with Gasteiger partial charge in [-0.15, -0.1) is 0 Å². The zero-order valence-electron chi connectivity index (χ0n) is 16.9. The van der Waals surface area contributed by atoms with E-state index >= 15 is 0 Å². The molecule has 0 aliphatic heterocycles. The minimum Gasteiger partial charge on any atom is -0.483 e. The number of halogens is 3. The minimum atomic E-state index is -0.591. The van der Waals surface area contributed by atoms with Crippen LogP contribution in [0.5, 0.6) is 5.75 Å². The van der Waals surface area contributed by atoms with Crippen LogP contribution >= 0.6 is 34.8 Å². The quantitative estimate of drug-likeness (QED) is 0.298. The fourth-order valence-corrected chi connectivity index (χ4v) is 3.11. The summed E-state index contributed by atoms with van der Waals surface area (Å²) < 4.78 is 5.61. The highest BCUT2D eigenvalue weighted by Gasteiger charge is 2.12. The standard InChI is InChI=1S/C24H16Cl3N3O3/c25-17-5-7-18(8-6-17)30-24(32)16(13-28)11-15-3-1-2-4-22(15)33-14-23(31)29-19-9-10-20(26)21(27)12-19/h1-12H,14H2,(H,29,31)(H,30,32)/b16-11-. The molecule has 33 heavy (non-hydrogen) atoms. The molecule has 0 spiro atoms. The van der Waals surface area contributed by atoms with Crippen LogP contribution in [0.25, 0.3) is 6.08 Å². The Kier molecular flexibility index (Phi) is 8.34. The van der Waals surface area contributed by atoms with E-state index in [2.05, 4.69) is 10.6 Å². The molecule has 0 radical (unpaired) electrons. The fourth-order valence-electron chi connectivity index (χ4n) is 2.68. The number of nitrogens with one attached hydrogen (secondary N) is 2. The number of rotatable bonds is 7. The van der Waals surface area contributed by atoms with Gasteiger partial charge in [0.2, 0.25) is 0 Å². The molecular weight excluding hydrogens is 485 g/mol. The number of carbonyl (C=O) groups is 2. The maximum Gasteiger partial charge on any atom is 0.266 e. The van der Waals surface area contributed by atoms with Gasteiger partial charge in [0.1, 0.15) is 17.4 Å². The number of nitrogens with zero attached hydrogens (tertiary/aromatic N) is 1. The number of carbonyl (C=O) groups excluding carboxylic acids is 2. The first-order chi connectivity index (χ1) is 15.9. The molecule has 0 saturated carbocycles. The van der Waals surface area contributed by atoms with E-state index in [9.17, 15) is 14.9 Å². The molecule has 3 aromatic carbocycles. The van der Waals surface area contributed by atoms with Crippen molar-refractivity contribution in [3.8, 4) is 11.8 Å². The van der Waals surface area contributed by atoms with E-state index in [-0.39, 0.29) is 12.2 Å². The van der Waals surface area contributed by atoms with Crippen molar-refractivity contribution < 1.29 is 14.3 Å². The van der Waals surface area contributed by atoms with Gasteiger partial charge in [0.15, 0.2) is 6.61 Å². The summed E-state index contributed by atoms with van der Waals surface area (Å²) in [6, 6.07) is 19.8. The molecule has 0 saturated heterocycles. The third-order valence-corrected chi connectivity index (χ3v) is 5.24. The first kappa shape index (κ1) is 24.1. The first-order valence-corrected chi connectivity index (χ1v) is 10.6. The van der Waals surface area contributed by atoms with Gasteiger partial charge in [0, 0.05) is 22.0 Å². The van der Waals surface area contributed by atoms with Gasteiger partial charge in [0.05, 0.1) is 10.0 Å². The Balaban J connectivity index is 1.69. The van der Waals surface area contributed by atoms with Crippen molar-refractivity contribution in [3.05, 3.63) is 92.9 Å². The number of benzene rings is 3. The van der Waals surface area contributed by atoms with Gasteiger partial charge >= 0.3 is 0 Å². The molecule has 6 nitrogen and oxygen atoms in total. The van der Waals surface area contributed by atoms with Crippen molar-refractivity contribution in [2.45, 2.75) is 0 Å². The normalized spacial score (nSPS) is 10.8. The largest absolute Gasteiger partial charge is 0.483 e. The van der Waals surface area contributed by atoms with Gasteiger partial charge in [-0.25, -0.2) is 0 Å². The molecule has 2 amide bonds. The highest BCUT2D eigenvalue weighted by molar-refractivity contribution is 6.42. The van der Waals surface area contributed by atoms with Gasteiger partial charge in [-0.3, -0.25) is 9.59 Å². The number of para-hydroxylation sites is 1. The summed E-state index contributed by atoms with van der Waals surface area (Å²) in [5.41, 5.74) is 1.29. The van der Waals surface area contributed by atoms with Crippen molar-refractivity contribution in [1.82, 2.24) is 0 Å². The van der Waals surface area contributed by atoms with E-state index in [0.717, 1.165) is 0 Å². The summed E-state index contributed by atoms with van der Waals surface area (Å²) in [5, 5.41) is 16.0. The molecule has 0 aromatic heterocycles. The van der Waals surface area contributed by atoms with Crippen molar-refractivity contribution in [1.29, 1.82) is 5.26 Å². The van der Waals surface area contributed by atoms with Crippen molar-refractivity contribution >= 4 is 64.1 Å². The molecule has 0 atom stereocenters. The average Bonchev–Trinajstić information content (AvgIpc) is 2.80. The van der Waals surface area contributed by atoms with E-state index in [1.54, 1.807) is 60.7 Å². The number of anilines is 2. The molecule has 0 heterocycles. The van der Waals surface area contributed by atoms with E-state index in [1.165, 1.54) is 12.1 Å². The van der Waals surface area contributed by atoms with Crippen LogP contribution in [0.2, 0.25) is 15.1 Å². The van der Waals surface area contributed by atoms with E-state index in [0.29, 0.717) is 37.8 Å². The van der Waals surface area contributed by atoms with Gasteiger partial charge in [0.25, 0.3) is 11.8 Å². The predicted octanol–water partition coefficient (Wildman–Crippen LogP) is 6.21. The van der Waals surface area contributed by atoms with E-state index in [4.69, 9.17) is 39.5 Å². The second kappa shape index (κ2) is 11.4. The van der Waals surface area contributed by atoms with Gasteiger partial charge < -0.3 is 15.4 Å². The average molecular weight is 501 g/mol. The van der Waals surface area contributed by atoms with Crippen molar-refractivity contribution in [2.75, 3.05) is 17.2 Å². The molecular formula is C24H16Cl3N3O3. The maximum atomic E-state index is 12.5. The molecule has 0 fully saturated rings. The van der Waals surface area contributed by atoms with Gasteiger partial charge in [-0.05, 0) is 54.6 Å². The summed E-state index contributed by atoms with van der Waals surface area (Å²) in [7, 11) is 0. The van der Waals surface area contributed by atoms with Crippen LogP contribution in [0.1, 0.15) is 5.56 Å². The molecule has 0 aliphatic carbocycles. The third kappa shape index (κ3) is 6.99. The minimum absolute atomic E-state index is 0.138. The molecule has 0 aliphatic rings. The molecule has 2 N–H and O–H groups in total. The fraction of sp³-hybridized carbons (Fsp3) is 0.0417. The smallest absolute Gasteiger partial charge is 0.266 e. The number of hydrogen-bond donors (Lipinski definition) is 2. The lowest BCUT2D eigenvalue weighted by atomic mass is 10.1. The molecule has 3 aromatic rings. The van der Waals surface area contributed by atoms with Gasteiger partial charge in [-0.1, -0.05) is 53.0 Å². The van der Waals surface area contributed by atoms with Crippen LogP contribution in [0, 0.1) is 11.3 Å². The molecule has 9 heteroatoms. The number of nitriles is 1. The lowest BCUT2D eigenvalue weighted by Gasteiger charge is -2.11. The Bertz CT molecular complexity index is 1250. The van der Waals surface area contributed by atoms with Crippen molar-refractivity contribution in [2.24, 2.45) is 0 Å². The zero-order chi connectivity index (χ0) is 23.8. The second-order valence-corrected chi connectivity index (χ2v) is 7.89. The van der Waals surface area contributed by atoms with Crippen LogP contribution in [0.3, 0.4) is 0 Å². The summed E-state index contributed by atoms with van der Waals surface area (Å²) in [6.07, 6.45) is 1.39. The number of ether oxygens (including phenoxy) is 1. The highest BCUT2D eigenvalue weighted by atomic mass is 35.5. The lowest BCUT2D eigenvalue weighted by molar-refractivity contribution is -0.118. The van der Waals surface area contributed by atoms with Crippen LogP contribution in [0.15, 0.2) is 72.3 Å². The second-order valence-electron chi connectivity index (χ2n) is 6.63. The van der Waals surface area contributed by atoms with Crippen LogP contribution < -0.4 is 15.4 Å². The maximum absolute atomic E-state index is 12.5. The monoisotopic (exact) mass is 499 g/mol. The predicted molar refractivity (Wildman–Crippen MR) is 131 cm³/mol. The van der Waals surface area contributed by atoms with Crippen LogP contribution in [-0.2, 0) is 9.59 Å². The van der Waals surface area contributed by atoms with Crippen molar-refractivity contribution in [3.63, 3.8) is 0 Å². The Morgan fingerprint density at radius 2 is 1.61 bits per heavy atom. The summed E-state index contributed by atoms with van der Waals surface area (Å²) in [4.78, 5) is 24.8. The van der Waals surface area contributed by atoms with Crippen LogP contribution in [-0.4, -0.2) is 18.4 Å². The topological polar surface area (TPSA) is 91.2 Å². The third-order valence-electron chi connectivity index (χ3n) is 4.25. The highest BCUT2D eigenvalue weighted by Crippen LogP contribution is 2.25. The van der Waals surface area contributed by atoms with Gasteiger partial charge in [-0.2, -0.15) is 5.26 Å². The molecule has 166 valence electrons. The molecule has 0 unspecified atom stereocenters. The van der Waals surface area contributed by atoms with E-state index < -0.39 is 11.8 Å². The molecule has 3 rings (SSSR count). The molecule has 0 bridgehead atoms. The Hall–Kier alpha value is -3.50.